The molecule has 1 N–H and O–H groups in total. The maximum Gasteiger partial charge on any atom is 0.226 e. The zero-order chi connectivity index (χ0) is 11.1. The standard InChI is InChI=1S/C12H22N2O/c1-4-12(2)7-10(12)11(15)14-6-5-9(8-14)13-3/h9-10,13H,4-8H2,1-3H3. The van der Waals surface area contributed by atoms with E-state index in [-0.39, 0.29) is 0 Å². The summed E-state index contributed by atoms with van der Waals surface area (Å²) in [5.74, 6) is 0.718. The third kappa shape index (κ3) is 1.89. The van der Waals surface area contributed by atoms with Crippen molar-refractivity contribution in [1.29, 1.82) is 0 Å². The van der Waals surface area contributed by atoms with Gasteiger partial charge in [0.15, 0.2) is 0 Å². The van der Waals surface area contributed by atoms with E-state index >= 15 is 0 Å². The molecule has 15 heavy (non-hydrogen) atoms. The van der Waals surface area contributed by atoms with Gasteiger partial charge in [-0.05, 0) is 31.7 Å². The lowest BCUT2D eigenvalue weighted by Crippen LogP contribution is -2.35. The Morgan fingerprint density at radius 2 is 2.33 bits per heavy atom. The summed E-state index contributed by atoms with van der Waals surface area (Å²) < 4.78 is 0. The third-order valence-corrected chi connectivity index (χ3v) is 4.37. The molecule has 1 saturated heterocycles. The van der Waals surface area contributed by atoms with Gasteiger partial charge in [-0.1, -0.05) is 13.8 Å². The molecular formula is C12H22N2O. The summed E-state index contributed by atoms with van der Waals surface area (Å²) in [5, 5.41) is 3.25. The highest BCUT2D eigenvalue weighted by molar-refractivity contribution is 5.82. The maximum absolute atomic E-state index is 12.1. The van der Waals surface area contributed by atoms with Crippen molar-refractivity contribution >= 4 is 5.91 Å². The first-order chi connectivity index (χ1) is 7.10. The van der Waals surface area contributed by atoms with E-state index < -0.39 is 0 Å². The Bertz CT molecular complexity index is 266. The number of carbonyl (C=O) groups is 1. The van der Waals surface area contributed by atoms with E-state index in [1.54, 1.807) is 0 Å². The van der Waals surface area contributed by atoms with Crippen LogP contribution in [0.2, 0.25) is 0 Å². The molecule has 3 heteroatoms. The van der Waals surface area contributed by atoms with Crippen molar-refractivity contribution in [3.05, 3.63) is 0 Å². The van der Waals surface area contributed by atoms with Crippen LogP contribution < -0.4 is 5.32 Å². The second kappa shape index (κ2) is 3.78. The quantitative estimate of drug-likeness (QED) is 0.760. The number of nitrogens with zero attached hydrogens (tertiary/aromatic N) is 1. The Morgan fingerprint density at radius 1 is 1.60 bits per heavy atom. The van der Waals surface area contributed by atoms with Gasteiger partial charge in [0.05, 0.1) is 0 Å². The number of carbonyl (C=O) groups excluding carboxylic acids is 1. The van der Waals surface area contributed by atoms with Gasteiger partial charge in [0, 0.05) is 25.0 Å². The van der Waals surface area contributed by atoms with Gasteiger partial charge in [0.25, 0.3) is 0 Å². The van der Waals surface area contributed by atoms with Crippen LogP contribution in [0.25, 0.3) is 0 Å². The molecule has 3 nitrogen and oxygen atoms in total. The molecule has 1 aliphatic carbocycles. The maximum atomic E-state index is 12.1. The van der Waals surface area contributed by atoms with Crippen LogP contribution in [0, 0.1) is 11.3 Å². The summed E-state index contributed by atoms with van der Waals surface area (Å²) in [7, 11) is 1.98. The minimum absolute atomic E-state index is 0.314. The Kier molecular flexibility index (Phi) is 2.75. The molecule has 2 fully saturated rings. The molecular weight excluding hydrogens is 188 g/mol. The Hall–Kier alpha value is -0.570. The molecule has 2 rings (SSSR count). The zero-order valence-electron chi connectivity index (χ0n) is 10.0. The molecule has 0 aromatic carbocycles. The smallest absolute Gasteiger partial charge is 0.226 e. The minimum atomic E-state index is 0.314. The number of nitrogens with one attached hydrogen (secondary N) is 1. The summed E-state index contributed by atoms with van der Waals surface area (Å²) in [6.45, 7) is 6.28. The van der Waals surface area contributed by atoms with Crippen molar-refractivity contribution in [2.45, 2.75) is 39.2 Å². The summed E-state index contributed by atoms with van der Waals surface area (Å²) in [4.78, 5) is 14.2. The number of rotatable bonds is 3. The first-order valence-electron chi connectivity index (χ1n) is 6.07. The van der Waals surface area contributed by atoms with Crippen molar-refractivity contribution < 1.29 is 4.79 Å². The van der Waals surface area contributed by atoms with Crippen LogP contribution >= 0.6 is 0 Å². The van der Waals surface area contributed by atoms with Gasteiger partial charge in [-0.15, -0.1) is 0 Å². The van der Waals surface area contributed by atoms with Gasteiger partial charge in [0.1, 0.15) is 0 Å². The van der Waals surface area contributed by atoms with Crippen molar-refractivity contribution in [2.24, 2.45) is 11.3 Å². The molecule has 0 radical (unpaired) electrons. The highest BCUT2D eigenvalue weighted by Crippen LogP contribution is 2.55. The van der Waals surface area contributed by atoms with Crippen LogP contribution in [0.15, 0.2) is 0 Å². The van der Waals surface area contributed by atoms with Crippen LogP contribution in [0.5, 0.6) is 0 Å². The van der Waals surface area contributed by atoms with Gasteiger partial charge < -0.3 is 10.2 Å². The fourth-order valence-electron chi connectivity index (χ4n) is 2.60. The predicted molar refractivity (Wildman–Crippen MR) is 60.5 cm³/mol. The first kappa shape index (κ1) is 10.9. The summed E-state index contributed by atoms with van der Waals surface area (Å²) >= 11 is 0. The molecule has 3 unspecified atom stereocenters. The average Bonchev–Trinajstić information content (AvgIpc) is 2.74. The van der Waals surface area contributed by atoms with Crippen LogP contribution in [-0.2, 0) is 4.79 Å². The van der Waals surface area contributed by atoms with Gasteiger partial charge in [-0.2, -0.15) is 0 Å². The molecule has 1 saturated carbocycles. The third-order valence-electron chi connectivity index (χ3n) is 4.37. The van der Waals surface area contributed by atoms with Crippen molar-refractivity contribution in [3.63, 3.8) is 0 Å². The Labute approximate surface area is 92.2 Å². The van der Waals surface area contributed by atoms with Gasteiger partial charge in [0.2, 0.25) is 5.91 Å². The van der Waals surface area contributed by atoms with Crippen molar-refractivity contribution in [3.8, 4) is 0 Å². The fourth-order valence-corrected chi connectivity index (χ4v) is 2.60. The molecule has 0 aromatic rings. The molecule has 0 bridgehead atoms. The van der Waals surface area contributed by atoms with E-state index in [2.05, 4.69) is 19.2 Å². The molecule has 86 valence electrons. The van der Waals surface area contributed by atoms with Crippen LogP contribution in [0.3, 0.4) is 0 Å². The van der Waals surface area contributed by atoms with E-state index in [1.807, 2.05) is 11.9 Å². The second-order valence-electron chi connectivity index (χ2n) is 5.32. The van der Waals surface area contributed by atoms with E-state index in [0.717, 1.165) is 32.4 Å². The van der Waals surface area contributed by atoms with Crippen molar-refractivity contribution in [1.82, 2.24) is 10.2 Å². The summed E-state index contributed by atoms with van der Waals surface area (Å²) in [6.07, 6.45) is 3.34. The lowest BCUT2D eigenvalue weighted by molar-refractivity contribution is -0.132. The highest BCUT2D eigenvalue weighted by atomic mass is 16.2. The molecule has 0 aromatic heterocycles. The van der Waals surface area contributed by atoms with E-state index in [1.165, 1.54) is 0 Å². The van der Waals surface area contributed by atoms with E-state index in [9.17, 15) is 4.79 Å². The molecule has 3 atom stereocenters. The second-order valence-corrected chi connectivity index (χ2v) is 5.32. The summed E-state index contributed by atoms with van der Waals surface area (Å²) in [5.41, 5.74) is 0.314. The minimum Gasteiger partial charge on any atom is -0.341 e. The molecule has 1 amide bonds. The van der Waals surface area contributed by atoms with Gasteiger partial charge in [-0.3, -0.25) is 4.79 Å². The highest BCUT2D eigenvalue weighted by Gasteiger charge is 2.54. The Morgan fingerprint density at radius 3 is 2.80 bits per heavy atom. The molecule has 1 heterocycles. The lowest BCUT2D eigenvalue weighted by Gasteiger charge is -2.18. The normalized spacial score (nSPS) is 39.5. The number of likely N-dealkylation sites (N-methyl/N-ethyl adjacent to an activating group) is 1. The topological polar surface area (TPSA) is 32.3 Å². The largest absolute Gasteiger partial charge is 0.341 e. The average molecular weight is 210 g/mol. The van der Waals surface area contributed by atoms with Crippen molar-refractivity contribution in [2.75, 3.05) is 20.1 Å². The molecule has 2 aliphatic rings. The number of hydrogen-bond acceptors (Lipinski definition) is 2. The fraction of sp³-hybridized carbons (Fsp3) is 0.917. The number of hydrogen-bond donors (Lipinski definition) is 1. The van der Waals surface area contributed by atoms with Crippen LogP contribution in [-0.4, -0.2) is 37.0 Å². The molecule has 0 spiro atoms. The van der Waals surface area contributed by atoms with Crippen LogP contribution in [0.4, 0.5) is 0 Å². The zero-order valence-corrected chi connectivity index (χ0v) is 10.0. The van der Waals surface area contributed by atoms with Gasteiger partial charge >= 0.3 is 0 Å². The lowest BCUT2D eigenvalue weighted by atomic mass is 10.0. The van der Waals surface area contributed by atoms with E-state index in [0.29, 0.717) is 23.3 Å². The van der Waals surface area contributed by atoms with E-state index in [4.69, 9.17) is 0 Å². The monoisotopic (exact) mass is 210 g/mol. The SMILES string of the molecule is CCC1(C)CC1C(=O)N1CCC(NC)C1. The number of amides is 1. The summed E-state index contributed by atoms with van der Waals surface area (Å²) in [6, 6.07) is 0.514. The Balaban J connectivity index is 1.89. The number of likely N-dealkylation sites (tertiary alicyclic amines) is 1. The molecule has 1 aliphatic heterocycles. The predicted octanol–water partition coefficient (Wildman–Crippen LogP) is 1.24. The first-order valence-corrected chi connectivity index (χ1v) is 6.07. The van der Waals surface area contributed by atoms with Crippen LogP contribution in [0.1, 0.15) is 33.1 Å². The van der Waals surface area contributed by atoms with Gasteiger partial charge in [-0.25, -0.2) is 0 Å².